The lowest BCUT2D eigenvalue weighted by atomic mass is 10.0. The summed E-state index contributed by atoms with van der Waals surface area (Å²) >= 11 is 1.86. The van der Waals surface area contributed by atoms with Crippen molar-refractivity contribution in [2.75, 3.05) is 9.80 Å². The standard InChI is InChI=1S/C54H38N2SSi/c1-6-18-39(19-7-1)55(40-20-8-2-9-21-40)44-30-33-48-50-37-43(32-35-53(50)58(54(48)38-44,45-24-12-4-13-25-45)46-26-14-5-15-27-46)56(41-22-10-3-11-23-41)42-31-34-52-49(36-42)47-28-16-17-29-51(47)57-52/h1-38H. The molecule has 0 N–H and O–H groups in total. The Labute approximate surface area is 344 Å². The summed E-state index contributed by atoms with van der Waals surface area (Å²) in [6.07, 6.45) is 0. The van der Waals surface area contributed by atoms with Gasteiger partial charge in [-0.05, 0) is 117 Å². The highest BCUT2D eigenvalue weighted by Crippen LogP contribution is 2.43. The van der Waals surface area contributed by atoms with Gasteiger partial charge in [0.25, 0.3) is 0 Å². The van der Waals surface area contributed by atoms with Crippen molar-refractivity contribution in [3.05, 3.63) is 231 Å². The Bertz CT molecular complexity index is 2980. The highest BCUT2D eigenvalue weighted by atomic mass is 32.1. The first-order valence-electron chi connectivity index (χ1n) is 19.8. The van der Waals surface area contributed by atoms with Crippen molar-refractivity contribution in [1.82, 2.24) is 0 Å². The van der Waals surface area contributed by atoms with Crippen molar-refractivity contribution in [3.63, 3.8) is 0 Å². The molecule has 58 heavy (non-hydrogen) atoms. The summed E-state index contributed by atoms with van der Waals surface area (Å²) < 4.78 is 2.62. The van der Waals surface area contributed by atoms with Gasteiger partial charge in [-0.25, -0.2) is 0 Å². The van der Waals surface area contributed by atoms with E-state index in [0.29, 0.717) is 0 Å². The van der Waals surface area contributed by atoms with Crippen LogP contribution in [0.4, 0.5) is 34.1 Å². The summed E-state index contributed by atoms with van der Waals surface area (Å²) in [6, 6.07) is 85.1. The molecule has 4 heteroatoms. The molecule has 11 rings (SSSR count). The second kappa shape index (κ2) is 14.2. The number of anilines is 6. The molecule has 0 saturated heterocycles. The quantitative estimate of drug-likeness (QED) is 0.142. The van der Waals surface area contributed by atoms with Gasteiger partial charge in [-0.15, -0.1) is 11.3 Å². The molecule has 0 atom stereocenters. The molecule has 0 unspecified atom stereocenters. The third-order valence-electron chi connectivity index (χ3n) is 11.7. The molecule has 0 radical (unpaired) electrons. The number of rotatable bonds is 8. The monoisotopic (exact) mass is 774 g/mol. The minimum atomic E-state index is -2.82. The van der Waals surface area contributed by atoms with Gasteiger partial charge >= 0.3 is 0 Å². The molecule has 0 bridgehead atoms. The first kappa shape index (κ1) is 34.3. The molecule has 1 aromatic heterocycles. The van der Waals surface area contributed by atoms with Crippen LogP contribution in [0.1, 0.15) is 0 Å². The van der Waals surface area contributed by atoms with Gasteiger partial charge in [-0.3, -0.25) is 0 Å². The molecule has 2 heterocycles. The molecule has 1 aliphatic heterocycles. The first-order chi connectivity index (χ1) is 28.8. The molecule has 9 aromatic carbocycles. The lowest BCUT2D eigenvalue weighted by molar-refractivity contribution is 1.29. The highest BCUT2D eigenvalue weighted by molar-refractivity contribution is 7.25. The van der Waals surface area contributed by atoms with Gasteiger partial charge in [0.1, 0.15) is 0 Å². The maximum atomic E-state index is 2.51. The van der Waals surface area contributed by atoms with Crippen LogP contribution in [0.15, 0.2) is 231 Å². The van der Waals surface area contributed by atoms with Crippen LogP contribution in [0.25, 0.3) is 31.3 Å². The van der Waals surface area contributed by atoms with Crippen LogP contribution in [0.2, 0.25) is 0 Å². The molecule has 0 saturated carbocycles. The lowest BCUT2D eigenvalue weighted by Crippen LogP contribution is -2.72. The second-order valence-corrected chi connectivity index (χ2v) is 19.7. The zero-order valence-electron chi connectivity index (χ0n) is 31.7. The zero-order valence-corrected chi connectivity index (χ0v) is 33.6. The van der Waals surface area contributed by atoms with Crippen LogP contribution in [-0.2, 0) is 0 Å². The summed E-state index contributed by atoms with van der Waals surface area (Å²) in [5.74, 6) is 0. The van der Waals surface area contributed by atoms with Crippen molar-refractivity contribution in [1.29, 1.82) is 0 Å². The predicted octanol–water partition coefficient (Wildman–Crippen LogP) is 12.4. The number of para-hydroxylation sites is 3. The summed E-state index contributed by atoms with van der Waals surface area (Å²) in [6.45, 7) is 0. The molecule has 1 aliphatic rings. The lowest BCUT2D eigenvalue weighted by Gasteiger charge is -2.33. The third kappa shape index (κ3) is 5.53. The van der Waals surface area contributed by atoms with E-state index in [1.165, 1.54) is 52.0 Å². The number of benzene rings is 9. The molecule has 274 valence electrons. The van der Waals surface area contributed by atoms with E-state index < -0.39 is 8.07 Å². The third-order valence-corrected chi connectivity index (χ3v) is 17.7. The van der Waals surface area contributed by atoms with E-state index in [4.69, 9.17) is 0 Å². The highest BCUT2D eigenvalue weighted by Gasteiger charge is 2.49. The fourth-order valence-corrected chi connectivity index (χ4v) is 15.5. The molecular weight excluding hydrogens is 737 g/mol. The summed E-state index contributed by atoms with van der Waals surface area (Å²) in [5.41, 5.74) is 9.42. The van der Waals surface area contributed by atoms with E-state index >= 15 is 0 Å². The molecule has 2 nitrogen and oxygen atoms in total. The minimum Gasteiger partial charge on any atom is -0.311 e. The Morgan fingerprint density at radius 3 is 1.34 bits per heavy atom. The van der Waals surface area contributed by atoms with E-state index in [1.54, 1.807) is 0 Å². The smallest absolute Gasteiger partial charge is 0.180 e. The van der Waals surface area contributed by atoms with Gasteiger partial charge in [0.2, 0.25) is 0 Å². The van der Waals surface area contributed by atoms with E-state index in [9.17, 15) is 0 Å². The zero-order chi connectivity index (χ0) is 38.5. The Morgan fingerprint density at radius 1 is 0.293 bits per heavy atom. The van der Waals surface area contributed by atoms with Gasteiger partial charge in [0, 0.05) is 54.3 Å². The van der Waals surface area contributed by atoms with Crippen LogP contribution < -0.4 is 30.5 Å². The van der Waals surface area contributed by atoms with E-state index in [0.717, 1.165) is 34.1 Å². The number of fused-ring (bicyclic) bond motifs is 6. The van der Waals surface area contributed by atoms with Crippen LogP contribution >= 0.6 is 11.3 Å². The van der Waals surface area contributed by atoms with Crippen molar-refractivity contribution >= 4 is 94.5 Å². The van der Waals surface area contributed by atoms with Crippen molar-refractivity contribution in [3.8, 4) is 11.1 Å². The van der Waals surface area contributed by atoms with Gasteiger partial charge < -0.3 is 9.80 Å². The van der Waals surface area contributed by atoms with Crippen LogP contribution in [0.5, 0.6) is 0 Å². The number of nitrogens with zero attached hydrogens (tertiary/aromatic N) is 2. The molecule has 0 spiro atoms. The summed E-state index contributed by atoms with van der Waals surface area (Å²) in [5, 5.41) is 8.18. The Hall–Kier alpha value is -6.98. The number of hydrogen-bond acceptors (Lipinski definition) is 3. The number of thiophene rings is 1. The Balaban J connectivity index is 1.17. The van der Waals surface area contributed by atoms with Gasteiger partial charge in [-0.2, -0.15) is 0 Å². The number of hydrogen-bond donors (Lipinski definition) is 0. The van der Waals surface area contributed by atoms with Gasteiger partial charge in [0.15, 0.2) is 8.07 Å². The molecular formula is C54H38N2SSi. The maximum absolute atomic E-state index is 2.82. The fraction of sp³-hybridized carbons (Fsp3) is 0. The molecule has 10 aromatic rings. The van der Waals surface area contributed by atoms with Crippen LogP contribution in [-0.4, -0.2) is 8.07 Å². The van der Waals surface area contributed by atoms with Gasteiger partial charge in [-0.1, -0.05) is 146 Å². The molecule has 0 fully saturated rings. The van der Waals surface area contributed by atoms with Crippen molar-refractivity contribution in [2.45, 2.75) is 0 Å². The van der Waals surface area contributed by atoms with Crippen molar-refractivity contribution in [2.24, 2.45) is 0 Å². The SMILES string of the molecule is c1ccc(N(c2ccccc2)c2ccc3c(c2)[Si](c2ccccc2)(c2ccccc2)c2ccc(N(c4ccccc4)c4ccc5sc6ccccc6c5c4)cc2-3)cc1. The first-order valence-corrected chi connectivity index (χ1v) is 22.7. The van der Waals surface area contributed by atoms with E-state index in [-0.39, 0.29) is 0 Å². The van der Waals surface area contributed by atoms with Gasteiger partial charge in [0.05, 0.1) is 0 Å². The predicted molar refractivity (Wildman–Crippen MR) is 251 cm³/mol. The minimum absolute atomic E-state index is 1.13. The van der Waals surface area contributed by atoms with E-state index in [1.807, 2.05) is 11.3 Å². The molecule has 0 aliphatic carbocycles. The topological polar surface area (TPSA) is 6.48 Å². The summed E-state index contributed by atoms with van der Waals surface area (Å²) in [7, 11) is -2.82. The average molecular weight is 775 g/mol. The average Bonchev–Trinajstić information content (AvgIpc) is 3.81. The largest absolute Gasteiger partial charge is 0.311 e. The summed E-state index contributed by atoms with van der Waals surface area (Å²) in [4.78, 5) is 4.82. The Morgan fingerprint density at radius 2 is 0.741 bits per heavy atom. The maximum Gasteiger partial charge on any atom is 0.180 e. The van der Waals surface area contributed by atoms with Crippen LogP contribution in [0.3, 0.4) is 0 Å². The fourth-order valence-electron chi connectivity index (χ4n) is 9.23. The van der Waals surface area contributed by atoms with Crippen LogP contribution in [0, 0.1) is 0 Å². The van der Waals surface area contributed by atoms with Crippen molar-refractivity contribution < 1.29 is 0 Å². The normalized spacial score (nSPS) is 12.6. The van der Waals surface area contributed by atoms with E-state index in [2.05, 4.69) is 240 Å². The Kier molecular flexibility index (Phi) is 8.39. The second-order valence-electron chi connectivity index (χ2n) is 14.9. The molecule has 0 amide bonds.